The SMILES string of the molecule is CCOC(=O)[C@@H]1C(=O)C=C(c2cccc(NS(C)(=O)=O)c2)C[C@@H]1c1ccc(OC)cc1. The zero-order chi connectivity index (χ0) is 22.6. The Bertz CT molecular complexity index is 1110. The third kappa shape index (κ3) is 5.52. The van der Waals surface area contributed by atoms with Crippen molar-refractivity contribution in [1.82, 2.24) is 0 Å². The molecular formula is C23H25NO6S. The highest BCUT2D eigenvalue weighted by Crippen LogP contribution is 2.41. The monoisotopic (exact) mass is 443 g/mol. The first-order chi connectivity index (χ1) is 14.7. The van der Waals surface area contributed by atoms with E-state index in [2.05, 4.69) is 4.72 Å². The Hall–Kier alpha value is -3.13. The quantitative estimate of drug-likeness (QED) is 0.520. The largest absolute Gasteiger partial charge is 0.497 e. The van der Waals surface area contributed by atoms with E-state index >= 15 is 0 Å². The van der Waals surface area contributed by atoms with Crippen LogP contribution in [0.15, 0.2) is 54.6 Å². The van der Waals surface area contributed by atoms with Gasteiger partial charge in [0.15, 0.2) is 5.78 Å². The van der Waals surface area contributed by atoms with Gasteiger partial charge in [0.1, 0.15) is 11.7 Å². The van der Waals surface area contributed by atoms with E-state index in [9.17, 15) is 18.0 Å². The molecule has 2 aromatic carbocycles. The topological polar surface area (TPSA) is 98.8 Å². The third-order valence-electron chi connectivity index (χ3n) is 5.09. The molecule has 1 aliphatic carbocycles. The highest BCUT2D eigenvalue weighted by Gasteiger charge is 2.39. The van der Waals surface area contributed by atoms with Gasteiger partial charge in [-0.05, 0) is 60.4 Å². The number of methoxy groups -OCH3 is 1. The molecule has 0 radical (unpaired) electrons. The van der Waals surface area contributed by atoms with Gasteiger partial charge in [0, 0.05) is 11.6 Å². The molecule has 0 spiro atoms. The lowest BCUT2D eigenvalue weighted by Crippen LogP contribution is -2.34. The van der Waals surface area contributed by atoms with Crippen LogP contribution in [0.5, 0.6) is 5.75 Å². The molecule has 0 fully saturated rings. The molecule has 0 aliphatic heterocycles. The summed E-state index contributed by atoms with van der Waals surface area (Å²) in [5.41, 5.74) is 2.66. The number of sulfonamides is 1. The first kappa shape index (κ1) is 22.6. The second-order valence-electron chi connectivity index (χ2n) is 7.34. The van der Waals surface area contributed by atoms with Crippen LogP contribution in [0.3, 0.4) is 0 Å². The van der Waals surface area contributed by atoms with E-state index in [0.29, 0.717) is 23.4 Å². The van der Waals surface area contributed by atoms with Crippen molar-refractivity contribution < 1.29 is 27.5 Å². The molecule has 8 heteroatoms. The number of hydrogen-bond acceptors (Lipinski definition) is 6. The predicted octanol–water partition coefficient (Wildman–Crippen LogP) is 3.39. The summed E-state index contributed by atoms with van der Waals surface area (Å²) in [4.78, 5) is 25.6. The summed E-state index contributed by atoms with van der Waals surface area (Å²) >= 11 is 0. The van der Waals surface area contributed by atoms with Gasteiger partial charge < -0.3 is 9.47 Å². The molecule has 0 saturated carbocycles. The number of ketones is 1. The minimum atomic E-state index is -3.43. The van der Waals surface area contributed by atoms with Crippen molar-refractivity contribution in [2.24, 2.45) is 5.92 Å². The van der Waals surface area contributed by atoms with Crippen LogP contribution >= 0.6 is 0 Å². The second kappa shape index (κ2) is 9.34. The number of carbonyl (C=O) groups excluding carboxylic acids is 2. The van der Waals surface area contributed by atoms with E-state index in [1.807, 2.05) is 18.2 Å². The van der Waals surface area contributed by atoms with Crippen LogP contribution in [-0.4, -0.2) is 40.1 Å². The molecule has 2 aromatic rings. The molecule has 2 atom stereocenters. The molecule has 0 amide bonds. The molecule has 0 heterocycles. The van der Waals surface area contributed by atoms with Crippen LogP contribution in [-0.2, 0) is 24.3 Å². The molecule has 31 heavy (non-hydrogen) atoms. The summed E-state index contributed by atoms with van der Waals surface area (Å²) in [6.45, 7) is 1.89. The second-order valence-corrected chi connectivity index (χ2v) is 9.09. The molecule has 1 N–H and O–H groups in total. The maximum Gasteiger partial charge on any atom is 0.317 e. The van der Waals surface area contributed by atoms with E-state index in [0.717, 1.165) is 17.4 Å². The molecule has 0 bridgehead atoms. The highest BCUT2D eigenvalue weighted by atomic mass is 32.2. The lowest BCUT2D eigenvalue weighted by molar-refractivity contribution is -0.151. The van der Waals surface area contributed by atoms with Crippen LogP contribution in [0.1, 0.15) is 30.4 Å². The number of anilines is 1. The number of esters is 1. The van der Waals surface area contributed by atoms with Crippen molar-refractivity contribution in [3.05, 3.63) is 65.7 Å². The fourth-order valence-corrected chi connectivity index (χ4v) is 4.30. The third-order valence-corrected chi connectivity index (χ3v) is 5.69. The summed E-state index contributed by atoms with van der Waals surface area (Å²) < 4.78 is 36.0. The summed E-state index contributed by atoms with van der Waals surface area (Å²) in [5, 5.41) is 0. The Morgan fingerprint density at radius 2 is 1.87 bits per heavy atom. The molecule has 0 saturated heterocycles. The fourth-order valence-electron chi connectivity index (χ4n) is 3.75. The highest BCUT2D eigenvalue weighted by molar-refractivity contribution is 7.92. The average Bonchev–Trinajstić information content (AvgIpc) is 2.72. The van der Waals surface area contributed by atoms with E-state index in [-0.39, 0.29) is 12.4 Å². The fraction of sp³-hybridized carbons (Fsp3) is 0.304. The first-order valence-corrected chi connectivity index (χ1v) is 11.7. The van der Waals surface area contributed by atoms with Gasteiger partial charge in [-0.1, -0.05) is 24.3 Å². The normalized spacial score (nSPS) is 18.8. The minimum absolute atomic E-state index is 0.188. The number of allylic oxidation sites excluding steroid dienone is 2. The lowest BCUT2D eigenvalue weighted by Gasteiger charge is -2.29. The number of benzene rings is 2. The Balaban J connectivity index is 2.00. The molecule has 0 unspecified atom stereocenters. The van der Waals surface area contributed by atoms with E-state index < -0.39 is 27.8 Å². The molecular weight excluding hydrogens is 418 g/mol. The van der Waals surface area contributed by atoms with E-state index in [1.54, 1.807) is 44.4 Å². The van der Waals surface area contributed by atoms with Crippen LogP contribution in [0.4, 0.5) is 5.69 Å². The maximum atomic E-state index is 13.0. The Labute approximate surface area is 182 Å². The minimum Gasteiger partial charge on any atom is -0.497 e. The first-order valence-electron chi connectivity index (χ1n) is 9.85. The van der Waals surface area contributed by atoms with Crippen LogP contribution < -0.4 is 9.46 Å². The van der Waals surface area contributed by atoms with Gasteiger partial charge in [0.25, 0.3) is 0 Å². The van der Waals surface area contributed by atoms with Gasteiger partial charge in [-0.2, -0.15) is 0 Å². The molecule has 1 aliphatic rings. The number of carbonyl (C=O) groups is 2. The molecule has 164 valence electrons. The average molecular weight is 444 g/mol. The summed E-state index contributed by atoms with van der Waals surface area (Å²) in [6, 6.07) is 14.1. The van der Waals surface area contributed by atoms with Crippen LogP contribution in [0.2, 0.25) is 0 Å². The van der Waals surface area contributed by atoms with Crippen molar-refractivity contribution >= 4 is 33.0 Å². The Kier molecular flexibility index (Phi) is 6.80. The standard InChI is InChI=1S/C23H25NO6S/c1-4-30-23(26)22-20(15-8-10-19(29-2)11-9-15)13-17(14-21(22)25)16-6-5-7-18(12-16)24-31(3,27)28/h5-12,14,20,22,24H,4,13H2,1-3H3/t20-,22+/m1/s1. The number of ether oxygens (including phenoxy) is 2. The number of nitrogens with one attached hydrogen (secondary N) is 1. The summed E-state index contributed by atoms with van der Waals surface area (Å²) in [6.07, 6.45) is 2.96. The number of rotatable bonds is 7. The lowest BCUT2D eigenvalue weighted by atomic mass is 9.73. The van der Waals surface area contributed by atoms with Gasteiger partial charge in [-0.25, -0.2) is 8.42 Å². The molecule has 3 rings (SSSR count). The molecule has 7 nitrogen and oxygen atoms in total. The van der Waals surface area contributed by atoms with Crippen molar-refractivity contribution in [3.63, 3.8) is 0 Å². The zero-order valence-corrected chi connectivity index (χ0v) is 18.4. The van der Waals surface area contributed by atoms with Crippen LogP contribution in [0, 0.1) is 5.92 Å². The predicted molar refractivity (Wildman–Crippen MR) is 118 cm³/mol. The van der Waals surface area contributed by atoms with Crippen molar-refractivity contribution in [3.8, 4) is 5.75 Å². The summed E-state index contributed by atoms with van der Waals surface area (Å²) in [7, 11) is -1.86. The van der Waals surface area contributed by atoms with Crippen molar-refractivity contribution in [1.29, 1.82) is 0 Å². The van der Waals surface area contributed by atoms with E-state index in [4.69, 9.17) is 9.47 Å². The van der Waals surface area contributed by atoms with Gasteiger partial charge in [0.05, 0.1) is 20.0 Å². The van der Waals surface area contributed by atoms with Gasteiger partial charge in [-0.3, -0.25) is 14.3 Å². The van der Waals surface area contributed by atoms with Gasteiger partial charge in [0.2, 0.25) is 10.0 Å². The zero-order valence-electron chi connectivity index (χ0n) is 17.6. The Morgan fingerprint density at radius 1 is 1.16 bits per heavy atom. The Morgan fingerprint density at radius 3 is 2.48 bits per heavy atom. The van der Waals surface area contributed by atoms with Gasteiger partial charge >= 0.3 is 5.97 Å². The van der Waals surface area contributed by atoms with Gasteiger partial charge in [-0.15, -0.1) is 0 Å². The van der Waals surface area contributed by atoms with Crippen molar-refractivity contribution in [2.75, 3.05) is 24.7 Å². The molecule has 0 aromatic heterocycles. The van der Waals surface area contributed by atoms with Crippen molar-refractivity contribution in [2.45, 2.75) is 19.3 Å². The maximum absolute atomic E-state index is 13.0. The summed E-state index contributed by atoms with van der Waals surface area (Å²) in [5.74, 6) is -1.55. The van der Waals surface area contributed by atoms with E-state index in [1.165, 1.54) is 6.08 Å². The smallest absolute Gasteiger partial charge is 0.317 e. The van der Waals surface area contributed by atoms with Crippen LogP contribution in [0.25, 0.3) is 5.57 Å². The number of hydrogen-bond donors (Lipinski definition) is 1.